The molecule has 4 nitrogen and oxygen atoms in total. The number of ether oxygens (including phenoxy) is 2. The molecule has 2 aromatic carbocycles. The fourth-order valence-electron chi connectivity index (χ4n) is 3.62. The van der Waals surface area contributed by atoms with Crippen molar-refractivity contribution in [1.82, 2.24) is 5.32 Å². The molecule has 1 unspecified atom stereocenters. The van der Waals surface area contributed by atoms with E-state index in [1.54, 1.807) is 12.1 Å². The molecule has 0 aromatic heterocycles. The molecule has 1 aliphatic carbocycles. The lowest BCUT2D eigenvalue weighted by Gasteiger charge is -2.22. The second-order valence-electron chi connectivity index (χ2n) is 7.28. The fraction of sp³-hybridized carbons (Fsp3) is 0.409. The highest BCUT2D eigenvalue weighted by Crippen LogP contribution is 2.46. The van der Waals surface area contributed by atoms with Crippen LogP contribution in [0.1, 0.15) is 36.3 Å². The Hall–Kier alpha value is -2.56. The number of carbonyl (C=O) groups excluding carboxylic acids is 1. The van der Waals surface area contributed by atoms with Crippen molar-refractivity contribution in [3.63, 3.8) is 0 Å². The van der Waals surface area contributed by atoms with Crippen LogP contribution in [0.25, 0.3) is 0 Å². The summed E-state index contributed by atoms with van der Waals surface area (Å²) < 4.78 is 24.2. The van der Waals surface area contributed by atoms with E-state index in [9.17, 15) is 9.18 Å². The van der Waals surface area contributed by atoms with E-state index in [4.69, 9.17) is 9.47 Å². The van der Waals surface area contributed by atoms with E-state index in [1.165, 1.54) is 25.0 Å². The summed E-state index contributed by atoms with van der Waals surface area (Å²) in [6, 6.07) is 12.4. The lowest BCUT2D eigenvalue weighted by atomic mass is 9.90. The Bertz CT molecular complexity index is 802. The van der Waals surface area contributed by atoms with E-state index >= 15 is 0 Å². The van der Waals surface area contributed by atoms with Gasteiger partial charge in [0.1, 0.15) is 19.0 Å². The van der Waals surface area contributed by atoms with Crippen molar-refractivity contribution in [2.24, 2.45) is 5.92 Å². The number of rotatable bonds is 7. The third kappa shape index (κ3) is 4.59. The second-order valence-corrected chi connectivity index (χ2v) is 7.28. The first-order chi connectivity index (χ1) is 13.2. The van der Waals surface area contributed by atoms with Gasteiger partial charge in [0.15, 0.2) is 11.5 Å². The summed E-state index contributed by atoms with van der Waals surface area (Å²) in [5, 5.41) is 3.00. The van der Waals surface area contributed by atoms with Crippen LogP contribution in [-0.2, 0) is 11.2 Å². The van der Waals surface area contributed by atoms with Gasteiger partial charge in [0.25, 0.3) is 0 Å². The van der Waals surface area contributed by atoms with Crippen molar-refractivity contribution in [2.45, 2.75) is 31.6 Å². The minimum atomic E-state index is -0.241. The van der Waals surface area contributed by atoms with Gasteiger partial charge in [-0.1, -0.05) is 18.2 Å². The van der Waals surface area contributed by atoms with Gasteiger partial charge in [-0.15, -0.1) is 0 Å². The molecule has 1 atom stereocenters. The molecule has 4 rings (SSSR count). The summed E-state index contributed by atoms with van der Waals surface area (Å²) in [6.45, 7) is 1.70. The zero-order chi connectivity index (χ0) is 18.6. The molecule has 0 saturated heterocycles. The molecule has 1 N–H and O–H groups in total. The first kappa shape index (κ1) is 17.8. The van der Waals surface area contributed by atoms with Gasteiger partial charge >= 0.3 is 0 Å². The van der Waals surface area contributed by atoms with Gasteiger partial charge in [-0.05, 0) is 66.5 Å². The van der Waals surface area contributed by atoms with Crippen molar-refractivity contribution < 1.29 is 18.7 Å². The molecule has 1 amide bonds. The summed E-state index contributed by atoms with van der Waals surface area (Å²) in [6.07, 6.45) is 3.52. The third-order valence-corrected chi connectivity index (χ3v) is 5.24. The number of halogens is 1. The molecule has 2 aromatic rings. The van der Waals surface area contributed by atoms with Gasteiger partial charge < -0.3 is 14.8 Å². The maximum absolute atomic E-state index is 12.9. The molecule has 1 aliphatic heterocycles. The Morgan fingerprint density at radius 1 is 1.07 bits per heavy atom. The standard InChI is InChI=1S/C22H24FNO3/c23-18-6-1-15(2-7-18)9-10-24-22(25)14-19(16-3-4-16)17-5-8-20-21(13-17)27-12-11-26-20/h1-2,5-8,13,16,19H,3-4,9-12,14H2,(H,24,25). The molecule has 142 valence electrons. The predicted molar refractivity (Wildman–Crippen MR) is 101 cm³/mol. The Kier molecular flexibility index (Phi) is 5.28. The SMILES string of the molecule is O=C(CC(c1ccc2c(c1)OCCO2)C1CC1)NCCc1ccc(F)cc1. The van der Waals surface area contributed by atoms with Crippen LogP contribution in [0.5, 0.6) is 11.5 Å². The predicted octanol–water partition coefficient (Wildman–Crippen LogP) is 3.84. The monoisotopic (exact) mass is 369 g/mol. The highest BCUT2D eigenvalue weighted by Gasteiger charge is 2.34. The summed E-state index contributed by atoms with van der Waals surface area (Å²) in [7, 11) is 0. The molecule has 2 aliphatic rings. The average molecular weight is 369 g/mol. The van der Waals surface area contributed by atoms with Crippen molar-refractivity contribution in [3.05, 3.63) is 59.4 Å². The molecule has 27 heavy (non-hydrogen) atoms. The van der Waals surface area contributed by atoms with Crippen molar-refractivity contribution in [2.75, 3.05) is 19.8 Å². The van der Waals surface area contributed by atoms with Crippen molar-refractivity contribution in [1.29, 1.82) is 0 Å². The first-order valence-electron chi connectivity index (χ1n) is 9.60. The number of carbonyl (C=O) groups is 1. The minimum Gasteiger partial charge on any atom is -0.486 e. The zero-order valence-corrected chi connectivity index (χ0v) is 15.2. The first-order valence-corrected chi connectivity index (χ1v) is 9.60. The molecule has 0 radical (unpaired) electrons. The number of fused-ring (bicyclic) bond motifs is 1. The molecule has 1 saturated carbocycles. The van der Waals surface area contributed by atoms with Gasteiger partial charge in [-0.25, -0.2) is 4.39 Å². The van der Waals surface area contributed by atoms with Crippen LogP contribution < -0.4 is 14.8 Å². The number of hydrogen-bond acceptors (Lipinski definition) is 3. The van der Waals surface area contributed by atoms with Gasteiger partial charge in [0.2, 0.25) is 5.91 Å². The van der Waals surface area contributed by atoms with Gasteiger partial charge in [-0.2, -0.15) is 0 Å². The Morgan fingerprint density at radius 3 is 2.56 bits per heavy atom. The Labute approximate surface area is 158 Å². The molecular formula is C22H24FNO3. The molecule has 0 spiro atoms. The number of amides is 1. The van der Waals surface area contributed by atoms with Crippen LogP contribution >= 0.6 is 0 Å². The summed E-state index contributed by atoms with van der Waals surface area (Å²) >= 11 is 0. The minimum absolute atomic E-state index is 0.0592. The number of hydrogen-bond donors (Lipinski definition) is 1. The lowest BCUT2D eigenvalue weighted by Crippen LogP contribution is -2.27. The van der Waals surface area contributed by atoms with Crippen molar-refractivity contribution in [3.8, 4) is 11.5 Å². The van der Waals surface area contributed by atoms with Crippen LogP contribution in [-0.4, -0.2) is 25.7 Å². The lowest BCUT2D eigenvalue weighted by molar-refractivity contribution is -0.121. The van der Waals surface area contributed by atoms with Crippen molar-refractivity contribution >= 4 is 5.91 Å². The van der Waals surface area contributed by atoms with E-state index in [1.807, 2.05) is 12.1 Å². The smallest absolute Gasteiger partial charge is 0.220 e. The summed E-state index contributed by atoms with van der Waals surface area (Å²) in [4.78, 5) is 12.5. The quantitative estimate of drug-likeness (QED) is 0.807. The molecule has 5 heteroatoms. The van der Waals surface area contributed by atoms with E-state index in [0.717, 1.165) is 22.6 Å². The van der Waals surface area contributed by atoms with Crippen LogP contribution in [0.2, 0.25) is 0 Å². The third-order valence-electron chi connectivity index (χ3n) is 5.24. The van der Waals surface area contributed by atoms with E-state index < -0.39 is 0 Å². The normalized spacial score (nSPS) is 16.6. The molecule has 0 bridgehead atoms. The highest BCUT2D eigenvalue weighted by atomic mass is 19.1. The van der Waals surface area contributed by atoms with E-state index in [0.29, 0.717) is 38.5 Å². The van der Waals surface area contributed by atoms with Gasteiger partial charge in [0, 0.05) is 13.0 Å². The molecule has 1 heterocycles. The Balaban J connectivity index is 1.34. The molecular weight excluding hydrogens is 345 g/mol. The van der Waals surface area contributed by atoms with Crippen LogP contribution in [0.15, 0.2) is 42.5 Å². The topological polar surface area (TPSA) is 47.6 Å². The van der Waals surface area contributed by atoms with Gasteiger partial charge in [-0.3, -0.25) is 4.79 Å². The van der Waals surface area contributed by atoms with Crippen LogP contribution in [0, 0.1) is 11.7 Å². The summed E-state index contributed by atoms with van der Waals surface area (Å²) in [5.41, 5.74) is 2.16. The number of benzene rings is 2. The second kappa shape index (κ2) is 7.99. The largest absolute Gasteiger partial charge is 0.486 e. The fourth-order valence-corrected chi connectivity index (χ4v) is 3.62. The van der Waals surface area contributed by atoms with E-state index in [2.05, 4.69) is 11.4 Å². The Morgan fingerprint density at radius 2 is 1.81 bits per heavy atom. The highest BCUT2D eigenvalue weighted by molar-refractivity contribution is 5.77. The maximum Gasteiger partial charge on any atom is 0.220 e. The molecule has 1 fully saturated rings. The maximum atomic E-state index is 12.9. The van der Waals surface area contributed by atoms with E-state index in [-0.39, 0.29) is 17.6 Å². The summed E-state index contributed by atoms with van der Waals surface area (Å²) in [5.74, 6) is 2.16. The van der Waals surface area contributed by atoms with Gasteiger partial charge in [0.05, 0.1) is 0 Å². The zero-order valence-electron chi connectivity index (χ0n) is 15.2. The average Bonchev–Trinajstić information content (AvgIpc) is 3.52. The van der Waals surface area contributed by atoms with Crippen LogP contribution in [0.3, 0.4) is 0 Å². The number of nitrogens with one attached hydrogen (secondary N) is 1. The van der Waals surface area contributed by atoms with Crippen LogP contribution in [0.4, 0.5) is 4.39 Å².